The lowest BCUT2D eigenvalue weighted by Gasteiger charge is -2.09. The predicted molar refractivity (Wildman–Crippen MR) is 80.3 cm³/mol. The number of aromatic nitrogens is 2. The highest BCUT2D eigenvalue weighted by Gasteiger charge is 2.24. The van der Waals surface area contributed by atoms with Gasteiger partial charge in [0, 0.05) is 18.7 Å². The van der Waals surface area contributed by atoms with E-state index < -0.39 is 4.92 Å². The van der Waals surface area contributed by atoms with Gasteiger partial charge in [0.1, 0.15) is 11.5 Å². The van der Waals surface area contributed by atoms with Gasteiger partial charge in [0.2, 0.25) is 5.75 Å². The number of hydrogen-bond donors (Lipinski definition) is 1. The molecule has 0 atom stereocenters. The summed E-state index contributed by atoms with van der Waals surface area (Å²) < 4.78 is 7.07. The van der Waals surface area contributed by atoms with Crippen LogP contribution in [-0.2, 0) is 13.5 Å². The fourth-order valence-electron chi connectivity index (χ4n) is 2.30. The van der Waals surface area contributed by atoms with Crippen LogP contribution in [0.5, 0.6) is 5.75 Å². The van der Waals surface area contributed by atoms with Gasteiger partial charge >= 0.3 is 5.69 Å². The number of para-hydroxylation sites is 1. The fraction of sp³-hybridized carbons (Fsp3) is 0.357. The van der Waals surface area contributed by atoms with Gasteiger partial charge in [-0.1, -0.05) is 13.0 Å². The molecule has 112 valence electrons. The van der Waals surface area contributed by atoms with Crippen LogP contribution in [0.4, 0.5) is 11.5 Å². The molecule has 0 saturated heterocycles. The monoisotopic (exact) mass is 290 g/mol. The molecule has 0 amide bonds. The number of nitro groups is 1. The number of nitrogens with zero attached hydrogens (tertiary/aromatic N) is 3. The van der Waals surface area contributed by atoms with Gasteiger partial charge in [0.25, 0.3) is 0 Å². The smallest absolute Gasteiger partial charge is 0.311 e. The minimum atomic E-state index is -0.452. The molecule has 2 rings (SSSR count). The van der Waals surface area contributed by atoms with Gasteiger partial charge in [0.15, 0.2) is 0 Å². The predicted octanol–water partition coefficient (Wildman–Crippen LogP) is 2.54. The van der Waals surface area contributed by atoms with Crippen LogP contribution in [-0.4, -0.2) is 21.3 Å². The Morgan fingerprint density at radius 2 is 2.14 bits per heavy atom. The van der Waals surface area contributed by atoms with E-state index in [1.807, 2.05) is 6.92 Å². The zero-order valence-electron chi connectivity index (χ0n) is 12.3. The molecular weight excluding hydrogens is 272 g/mol. The molecule has 7 heteroatoms. The summed E-state index contributed by atoms with van der Waals surface area (Å²) >= 11 is 0. The number of ether oxygens (including phenoxy) is 1. The van der Waals surface area contributed by atoms with Gasteiger partial charge in [0.05, 0.1) is 17.1 Å². The van der Waals surface area contributed by atoms with E-state index >= 15 is 0 Å². The van der Waals surface area contributed by atoms with E-state index in [1.165, 1.54) is 6.07 Å². The largest absolute Gasteiger partial charge is 0.487 e. The van der Waals surface area contributed by atoms with E-state index in [0.717, 1.165) is 5.56 Å². The van der Waals surface area contributed by atoms with E-state index in [9.17, 15) is 10.1 Å². The van der Waals surface area contributed by atoms with Crippen LogP contribution >= 0.6 is 0 Å². The second-order valence-electron chi connectivity index (χ2n) is 4.53. The molecule has 2 N–H and O–H groups in total. The number of nitro benzene ring substituents is 1. The van der Waals surface area contributed by atoms with Crippen molar-refractivity contribution >= 4 is 11.5 Å². The average Bonchev–Trinajstić information content (AvgIpc) is 2.74. The molecule has 1 heterocycles. The van der Waals surface area contributed by atoms with Crippen LogP contribution in [0.1, 0.15) is 19.4 Å². The van der Waals surface area contributed by atoms with Crippen molar-refractivity contribution in [3.05, 3.63) is 33.9 Å². The van der Waals surface area contributed by atoms with Crippen LogP contribution < -0.4 is 10.5 Å². The minimum absolute atomic E-state index is 0.0689. The highest BCUT2D eigenvalue weighted by molar-refractivity contribution is 5.77. The van der Waals surface area contributed by atoms with E-state index in [2.05, 4.69) is 5.10 Å². The first-order chi connectivity index (χ1) is 10.0. The van der Waals surface area contributed by atoms with Gasteiger partial charge in [-0.15, -0.1) is 0 Å². The molecule has 2 aromatic rings. The maximum Gasteiger partial charge on any atom is 0.311 e. The Hall–Kier alpha value is -2.57. The fourth-order valence-corrected chi connectivity index (χ4v) is 2.30. The third-order valence-electron chi connectivity index (χ3n) is 3.28. The van der Waals surface area contributed by atoms with Crippen LogP contribution in [0.3, 0.4) is 0 Å². The van der Waals surface area contributed by atoms with Gasteiger partial charge in [-0.25, -0.2) is 0 Å². The van der Waals surface area contributed by atoms with Crippen molar-refractivity contribution in [1.82, 2.24) is 9.78 Å². The van der Waals surface area contributed by atoms with Crippen molar-refractivity contribution in [3.8, 4) is 17.0 Å². The Labute approximate surface area is 122 Å². The number of nitrogen functional groups attached to an aromatic ring is 1. The zero-order valence-corrected chi connectivity index (χ0v) is 12.3. The number of rotatable bonds is 5. The SMILES string of the molecule is CCOc1c(-c2nn(C)c(N)c2CC)cccc1[N+](=O)[O-]. The second-order valence-corrected chi connectivity index (χ2v) is 4.53. The van der Waals surface area contributed by atoms with Gasteiger partial charge in [-0.05, 0) is 19.4 Å². The Kier molecular flexibility index (Phi) is 4.11. The van der Waals surface area contributed by atoms with Crippen molar-refractivity contribution in [2.45, 2.75) is 20.3 Å². The third-order valence-corrected chi connectivity index (χ3v) is 3.28. The molecule has 0 spiro atoms. The summed E-state index contributed by atoms with van der Waals surface area (Å²) in [7, 11) is 1.75. The first-order valence-electron chi connectivity index (χ1n) is 6.73. The van der Waals surface area contributed by atoms with Gasteiger partial charge < -0.3 is 10.5 Å². The van der Waals surface area contributed by atoms with E-state index in [0.29, 0.717) is 30.1 Å². The van der Waals surface area contributed by atoms with E-state index in [-0.39, 0.29) is 11.4 Å². The normalized spacial score (nSPS) is 10.6. The average molecular weight is 290 g/mol. The maximum atomic E-state index is 11.2. The molecule has 0 aliphatic carbocycles. The lowest BCUT2D eigenvalue weighted by atomic mass is 10.0. The highest BCUT2D eigenvalue weighted by atomic mass is 16.6. The van der Waals surface area contributed by atoms with Crippen molar-refractivity contribution in [3.63, 3.8) is 0 Å². The zero-order chi connectivity index (χ0) is 15.6. The molecule has 0 unspecified atom stereocenters. The van der Waals surface area contributed by atoms with Crippen LogP contribution in [0, 0.1) is 10.1 Å². The molecule has 7 nitrogen and oxygen atoms in total. The Morgan fingerprint density at radius 3 is 2.71 bits per heavy atom. The Balaban J connectivity index is 2.72. The molecule has 1 aromatic heterocycles. The highest BCUT2D eigenvalue weighted by Crippen LogP contribution is 2.39. The molecule has 21 heavy (non-hydrogen) atoms. The summed E-state index contributed by atoms with van der Waals surface area (Å²) in [6, 6.07) is 4.81. The molecule has 0 fully saturated rings. The maximum absolute atomic E-state index is 11.2. The number of anilines is 1. The van der Waals surface area contributed by atoms with Gasteiger partial charge in [-0.3, -0.25) is 14.8 Å². The molecule has 0 aliphatic rings. The number of hydrogen-bond acceptors (Lipinski definition) is 5. The molecular formula is C14H18N4O3. The summed E-state index contributed by atoms with van der Waals surface area (Å²) in [5.74, 6) is 0.791. The van der Waals surface area contributed by atoms with Crippen molar-refractivity contribution in [1.29, 1.82) is 0 Å². The standard InChI is InChI=1S/C14H18N4O3/c1-4-9-12(16-17(3)14(9)15)10-7-6-8-11(18(19)20)13(10)21-5-2/h6-8H,4-5,15H2,1-3H3. The second kappa shape index (κ2) is 5.82. The Morgan fingerprint density at radius 1 is 1.43 bits per heavy atom. The Bertz CT molecular complexity index is 679. The topological polar surface area (TPSA) is 96.2 Å². The molecule has 1 aromatic carbocycles. The summed E-state index contributed by atoms with van der Waals surface area (Å²) in [5.41, 5.74) is 8.01. The summed E-state index contributed by atoms with van der Waals surface area (Å²) in [6.07, 6.45) is 0.684. The van der Waals surface area contributed by atoms with Crippen molar-refractivity contribution in [2.75, 3.05) is 12.3 Å². The van der Waals surface area contributed by atoms with Crippen LogP contribution in [0.15, 0.2) is 18.2 Å². The molecule has 0 aliphatic heterocycles. The first kappa shape index (κ1) is 14.8. The van der Waals surface area contributed by atoms with E-state index in [4.69, 9.17) is 10.5 Å². The van der Waals surface area contributed by atoms with Crippen molar-refractivity contribution < 1.29 is 9.66 Å². The quantitative estimate of drug-likeness (QED) is 0.674. The van der Waals surface area contributed by atoms with Gasteiger partial charge in [-0.2, -0.15) is 5.10 Å². The van der Waals surface area contributed by atoms with Crippen LogP contribution in [0.2, 0.25) is 0 Å². The summed E-state index contributed by atoms with van der Waals surface area (Å²) in [4.78, 5) is 10.7. The first-order valence-corrected chi connectivity index (χ1v) is 6.73. The number of aryl methyl sites for hydroxylation is 1. The number of benzene rings is 1. The lowest BCUT2D eigenvalue weighted by molar-refractivity contribution is -0.385. The number of nitrogens with two attached hydrogens (primary N) is 1. The molecule has 0 saturated carbocycles. The minimum Gasteiger partial charge on any atom is -0.487 e. The summed E-state index contributed by atoms with van der Waals surface area (Å²) in [6.45, 7) is 4.09. The third kappa shape index (κ3) is 2.54. The molecule has 0 bridgehead atoms. The molecule has 0 radical (unpaired) electrons. The van der Waals surface area contributed by atoms with E-state index in [1.54, 1.807) is 30.8 Å². The van der Waals surface area contributed by atoms with Crippen molar-refractivity contribution in [2.24, 2.45) is 7.05 Å². The lowest BCUT2D eigenvalue weighted by Crippen LogP contribution is -2.00. The van der Waals surface area contributed by atoms with Crippen LogP contribution in [0.25, 0.3) is 11.3 Å². The summed E-state index contributed by atoms with van der Waals surface area (Å²) in [5, 5.41) is 15.6.